The Morgan fingerprint density at radius 1 is 0.952 bits per heavy atom. The number of benzene rings is 1. The van der Waals surface area contributed by atoms with Crippen molar-refractivity contribution >= 4 is 0 Å². The van der Waals surface area contributed by atoms with Crippen LogP contribution in [0, 0.1) is 5.92 Å². The molecule has 1 saturated heterocycles. The molecule has 1 N–H and O–H groups in total. The van der Waals surface area contributed by atoms with Gasteiger partial charge >= 0.3 is 0 Å². The van der Waals surface area contributed by atoms with Gasteiger partial charge in [-0.25, -0.2) is 0 Å². The summed E-state index contributed by atoms with van der Waals surface area (Å²) in [5.74, 6) is 3.45. The number of hydrogen-bond acceptors (Lipinski definition) is 2. The molecule has 1 aromatic rings. The van der Waals surface area contributed by atoms with Crippen molar-refractivity contribution in [3.63, 3.8) is 0 Å². The summed E-state index contributed by atoms with van der Waals surface area (Å²) >= 11 is 0. The smallest absolute Gasteiger partial charge is 0.122 e. The molecule has 1 aliphatic carbocycles. The molecule has 0 amide bonds. The summed E-state index contributed by atoms with van der Waals surface area (Å²) in [6.07, 6.45) is 7.93. The average molecular weight is 287 g/mol. The number of ether oxygens (including phenoxy) is 1. The zero-order chi connectivity index (χ0) is 14.7. The second-order valence-corrected chi connectivity index (χ2v) is 6.98. The minimum Gasteiger partial charge on any atom is -0.496 e. The maximum Gasteiger partial charge on any atom is 0.122 e. The Labute approximate surface area is 129 Å². The molecule has 21 heavy (non-hydrogen) atoms. The fourth-order valence-electron chi connectivity index (χ4n) is 4.05. The zero-order valence-electron chi connectivity index (χ0n) is 13.5. The summed E-state index contributed by atoms with van der Waals surface area (Å²) in [6.45, 7) is 4.71. The maximum atomic E-state index is 5.66. The second-order valence-electron chi connectivity index (χ2n) is 6.98. The quantitative estimate of drug-likeness (QED) is 0.886. The van der Waals surface area contributed by atoms with E-state index in [0.29, 0.717) is 5.92 Å². The van der Waals surface area contributed by atoms with Gasteiger partial charge in [0.1, 0.15) is 5.75 Å². The van der Waals surface area contributed by atoms with Gasteiger partial charge in [-0.3, -0.25) is 0 Å². The normalized spacial score (nSPS) is 27.5. The van der Waals surface area contributed by atoms with Gasteiger partial charge in [0.15, 0.2) is 0 Å². The summed E-state index contributed by atoms with van der Waals surface area (Å²) < 4.78 is 5.66. The third-order valence-electron chi connectivity index (χ3n) is 5.52. The van der Waals surface area contributed by atoms with Crippen LogP contribution in [0.5, 0.6) is 5.75 Å². The van der Waals surface area contributed by atoms with Crippen LogP contribution in [0.1, 0.15) is 68.4 Å². The lowest BCUT2D eigenvalue weighted by Crippen LogP contribution is -2.26. The highest BCUT2D eigenvalue weighted by atomic mass is 16.5. The van der Waals surface area contributed by atoms with Gasteiger partial charge in [0.2, 0.25) is 0 Å². The first-order chi connectivity index (χ1) is 10.3. The molecule has 116 valence electrons. The van der Waals surface area contributed by atoms with Crippen LogP contribution in [0.4, 0.5) is 0 Å². The van der Waals surface area contributed by atoms with Crippen LogP contribution in [0.25, 0.3) is 0 Å². The van der Waals surface area contributed by atoms with Crippen molar-refractivity contribution in [3.05, 3.63) is 29.3 Å². The molecule has 2 aliphatic rings. The Kier molecular flexibility index (Phi) is 4.84. The molecule has 0 radical (unpaired) electrons. The van der Waals surface area contributed by atoms with E-state index < -0.39 is 0 Å². The maximum absolute atomic E-state index is 5.66. The van der Waals surface area contributed by atoms with Gasteiger partial charge < -0.3 is 10.1 Å². The van der Waals surface area contributed by atoms with Crippen LogP contribution in [0.2, 0.25) is 0 Å². The topological polar surface area (TPSA) is 21.3 Å². The third-order valence-corrected chi connectivity index (χ3v) is 5.52. The molecule has 3 rings (SSSR count). The number of hydrogen-bond donors (Lipinski definition) is 1. The van der Waals surface area contributed by atoms with E-state index in [1.54, 1.807) is 0 Å². The highest BCUT2D eigenvalue weighted by molar-refractivity contribution is 5.41. The minimum absolute atomic E-state index is 0.706. The van der Waals surface area contributed by atoms with Gasteiger partial charge in [-0.05, 0) is 73.7 Å². The van der Waals surface area contributed by atoms with Gasteiger partial charge in [-0.1, -0.05) is 31.9 Å². The highest BCUT2D eigenvalue weighted by Crippen LogP contribution is 2.41. The van der Waals surface area contributed by atoms with E-state index >= 15 is 0 Å². The van der Waals surface area contributed by atoms with Crippen LogP contribution in [-0.2, 0) is 0 Å². The molecule has 1 heterocycles. The monoisotopic (exact) mass is 287 g/mol. The van der Waals surface area contributed by atoms with Crippen molar-refractivity contribution < 1.29 is 4.74 Å². The predicted octanol–water partition coefficient (Wildman–Crippen LogP) is 4.46. The Morgan fingerprint density at radius 2 is 1.67 bits per heavy atom. The van der Waals surface area contributed by atoms with Crippen molar-refractivity contribution in [1.29, 1.82) is 0 Å². The van der Waals surface area contributed by atoms with Gasteiger partial charge in [-0.15, -0.1) is 0 Å². The van der Waals surface area contributed by atoms with Crippen molar-refractivity contribution in [3.8, 4) is 5.75 Å². The molecule has 1 aliphatic heterocycles. The van der Waals surface area contributed by atoms with Crippen molar-refractivity contribution in [2.75, 3.05) is 20.2 Å². The van der Waals surface area contributed by atoms with E-state index in [4.69, 9.17) is 4.74 Å². The molecule has 0 aromatic heterocycles. The van der Waals surface area contributed by atoms with Gasteiger partial charge in [0, 0.05) is 0 Å². The first-order valence-electron chi connectivity index (χ1n) is 8.66. The number of nitrogens with one attached hydrogen (secondary N) is 1. The molecule has 1 aromatic carbocycles. The van der Waals surface area contributed by atoms with Crippen molar-refractivity contribution in [2.24, 2.45) is 5.92 Å². The molecular formula is C19H29NO. The molecule has 2 fully saturated rings. The number of methoxy groups -OCH3 is 1. The lowest BCUT2D eigenvalue weighted by atomic mass is 9.78. The third kappa shape index (κ3) is 3.42. The molecular weight excluding hydrogens is 258 g/mol. The second kappa shape index (κ2) is 6.83. The minimum atomic E-state index is 0.706. The average Bonchev–Trinajstić information content (AvgIpc) is 2.56. The SMILES string of the molecule is COc1ccc(C2CCNCC2)cc1C1CCC(C)CC1. The van der Waals surface area contributed by atoms with E-state index in [1.165, 1.54) is 49.7 Å². The van der Waals surface area contributed by atoms with Crippen LogP contribution in [0.3, 0.4) is 0 Å². The lowest BCUT2D eigenvalue weighted by molar-refractivity contribution is 0.336. The standard InChI is InChI=1S/C19H29NO/c1-14-3-5-16(6-4-14)18-13-17(7-8-19(18)21-2)15-9-11-20-12-10-15/h7-8,13-16,20H,3-6,9-12H2,1-2H3. The van der Waals surface area contributed by atoms with Crippen molar-refractivity contribution in [2.45, 2.75) is 57.3 Å². The van der Waals surface area contributed by atoms with E-state index in [2.05, 4.69) is 30.4 Å². The van der Waals surface area contributed by atoms with E-state index in [-0.39, 0.29) is 0 Å². The van der Waals surface area contributed by atoms with Crippen LogP contribution < -0.4 is 10.1 Å². The summed E-state index contributed by atoms with van der Waals surface area (Å²) in [4.78, 5) is 0. The van der Waals surface area contributed by atoms with Gasteiger partial charge in [0.25, 0.3) is 0 Å². The Hall–Kier alpha value is -1.02. The highest BCUT2D eigenvalue weighted by Gasteiger charge is 2.24. The fourth-order valence-corrected chi connectivity index (χ4v) is 4.05. The first-order valence-corrected chi connectivity index (χ1v) is 8.66. The zero-order valence-corrected chi connectivity index (χ0v) is 13.5. The molecule has 2 nitrogen and oxygen atoms in total. The van der Waals surface area contributed by atoms with E-state index in [9.17, 15) is 0 Å². The van der Waals surface area contributed by atoms with Crippen molar-refractivity contribution in [1.82, 2.24) is 5.32 Å². The van der Waals surface area contributed by atoms with Gasteiger partial charge in [0.05, 0.1) is 7.11 Å². The first kappa shape index (κ1) is 14.9. The lowest BCUT2D eigenvalue weighted by Gasteiger charge is -2.29. The van der Waals surface area contributed by atoms with E-state index in [1.807, 2.05) is 7.11 Å². The van der Waals surface area contributed by atoms with Crippen LogP contribution in [-0.4, -0.2) is 20.2 Å². The molecule has 0 bridgehead atoms. The Bertz CT molecular complexity index is 457. The molecule has 1 saturated carbocycles. The summed E-state index contributed by atoms with van der Waals surface area (Å²) in [5, 5.41) is 3.47. The van der Waals surface area contributed by atoms with Crippen LogP contribution in [0.15, 0.2) is 18.2 Å². The van der Waals surface area contributed by atoms with E-state index in [0.717, 1.165) is 30.7 Å². The Morgan fingerprint density at radius 3 is 2.33 bits per heavy atom. The molecule has 0 unspecified atom stereocenters. The summed E-state index contributed by atoms with van der Waals surface area (Å²) in [5.41, 5.74) is 3.01. The predicted molar refractivity (Wildman–Crippen MR) is 88.2 cm³/mol. The summed E-state index contributed by atoms with van der Waals surface area (Å²) in [7, 11) is 1.81. The fraction of sp³-hybridized carbons (Fsp3) is 0.684. The number of rotatable bonds is 3. The number of piperidine rings is 1. The molecule has 0 spiro atoms. The largest absolute Gasteiger partial charge is 0.496 e. The van der Waals surface area contributed by atoms with Crippen LogP contribution >= 0.6 is 0 Å². The Balaban J connectivity index is 1.82. The summed E-state index contributed by atoms with van der Waals surface area (Å²) in [6, 6.07) is 6.98. The van der Waals surface area contributed by atoms with Gasteiger partial charge in [-0.2, -0.15) is 0 Å². The molecule has 0 atom stereocenters. The molecule has 2 heteroatoms.